The number of carboxylic acid groups (broad SMARTS) is 1. The largest absolute Gasteiger partial charge is 0.481 e. The fourth-order valence-electron chi connectivity index (χ4n) is 2.01. The Morgan fingerprint density at radius 2 is 1.70 bits per heavy atom. The van der Waals surface area contributed by atoms with Gasteiger partial charge in [0.05, 0.1) is 6.10 Å². The number of rotatable bonds is 14. The van der Waals surface area contributed by atoms with Gasteiger partial charge >= 0.3 is 5.97 Å². The minimum absolute atomic E-state index is 0.124. The zero-order chi connectivity index (χ0) is 17.2. The van der Waals surface area contributed by atoms with Crippen molar-refractivity contribution in [3.8, 4) is 0 Å². The first-order valence-electron chi connectivity index (χ1n) is 8.70. The van der Waals surface area contributed by atoms with Crippen molar-refractivity contribution in [3.63, 3.8) is 0 Å². The Balaban J connectivity index is 3.60. The average Bonchev–Trinajstić information content (AvgIpc) is 2.51. The third kappa shape index (κ3) is 18.3. The molecule has 0 saturated heterocycles. The van der Waals surface area contributed by atoms with Crippen molar-refractivity contribution >= 4 is 5.97 Å². The summed E-state index contributed by atoms with van der Waals surface area (Å²) in [6.07, 6.45) is 23.6. The van der Waals surface area contributed by atoms with E-state index in [1.165, 1.54) is 25.7 Å². The molecule has 3 heteroatoms. The zero-order valence-corrected chi connectivity index (χ0v) is 14.4. The molecule has 0 aliphatic heterocycles. The molecule has 0 aromatic carbocycles. The highest BCUT2D eigenvalue weighted by Gasteiger charge is 2.03. The van der Waals surface area contributed by atoms with E-state index in [1.54, 1.807) is 0 Å². The minimum Gasteiger partial charge on any atom is -0.481 e. The van der Waals surface area contributed by atoms with E-state index in [-0.39, 0.29) is 6.42 Å². The molecule has 0 radical (unpaired) electrons. The molecule has 1 unspecified atom stereocenters. The maximum absolute atomic E-state index is 10.4. The summed E-state index contributed by atoms with van der Waals surface area (Å²) in [6.45, 7) is 2.22. The van der Waals surface area contributed by atoms with Crippen LogP contribution >= 0.6 is 0 Å². The highest BCUT2D eigenvalue weighted by molar-refractivity contribution is 5.66. The summed E-state index contributed by atoms with van der Waals surface area (Å²) in [5.74, 6) is -0.807. The van der Waals surface area contributed by atoms with Crippen LogP contribution in [0.2, 0.25) is 0 Å². The summed E-state index contributed by atoms with van der Waals surface area (Å²) in [5, 5.41) is 18.2. The Morgan fingerprint density at radius 1 is 0.957 bits per heavy atom. The molecule has 0 saturated carbocycles. The van der Waals surface area contributed by atoms with E-state index in [2.05, 4.69) is 25.2 Å². The van der Waals surface area contributed by atoms with Crippen LogP contribution in [-0.4, -0.2) is 22.3 Å². The second kappa shape index (κ2) is 16.8. The molecular weight excluding hydrogens is 288 g/mol. The van der Waals surface area contributed by atoms with Gasteiger partial charge in [-0.2, -0.15) is 0 Å². The first kappa shape index (κ1) is 21.4. The van der Waals surface area contributed by atoms with E-state index in [1.807, 2.05) is 30.4 Å². The highest BCUT2D eigenvalue weighted by Crippen LogP contribution is 2.05. The van der Waals surface area contributed by atoms with Gasteiger partial charge in [-0.15, -0.1) is 0 Å². The smallest absolute Gasteiger partial charge is 0.303 e. The maximum atomic E-state index is 10.4. The minimum atomic E-state index is -0.807. The Kier molecular flexibility index (Phi) is 15.6. The first-order chi connectivity index (χ1) is 11.2. The SMILES string of the molecule is CCCCC/C=C\C\C=C/C=C/C=C/CC(O)CCCC(=O)O. The van der Waals surface area contributed by atoms with Crippen LogP contribution in [0.5, 0.6) is 0 Å². The summed E-state index contributed by atoms with van der Waals surface area (Å²) < 4.78 is 0. The van der Waals surface area contributed by atoms with Crippen LogP contribution in [0.1, 0.15) is 64.7 Å². The second-order valence-corrected chi connectivity index (χ2v) is 5.62. The predicted octanol–water partition coefficient (Wildman–Crippen LogP) is 5.19. The summed E-state index contributed by atoms with van der Waals surface area (Å²) in [7, 11) is 0. The van der Waals surface area contributed by atoms with Crippen molar-refractivity contribution in [2.45, 2.75) is 70.8 Å². The first-order valence-corrected chi connectivity index (χ1v) is 8.70. The van der Waals surface area contributed by atoms with Gasteiger partial charge in [0.15, 0.2) is 0 Å². The third-order valence-electron chi connectivity index (χ3n) is 3.35. The lowest BCUT2D eigenvalue weighted by molar-refractivity contribution is -0.137. The Bertz CT molecular complexity index is 392. The van der Waals surface area contributed by atoms with Crippen molar-refractivity contribution < 1.29 is 15.0 Å². The van der Waals surface area contributed by atoms with Crippen LogP contribution in [0.4, 0.5) is 0 Å². The molecule has 23 heavy (non-hydrogen) atoms. The standard InChI is InChI=1S/C20H32O3/c1-2-3-4-5-6-7-8-9-10-11-12-13-14-16-19(21)17-15-18-20(22)23/h6-7,9-14,19,21H,2-5,8,15-18H2,1H3,(H,22,23)/b7-6-,10-9-,12-11+,14-13+. The van der Waals surface area contributed by atoms with Crippen LogP contribution < -0.4 is 0 Å². The average molecular weight is 320 g/mol. The van der Waals surface area contributed by atoms with Gasteiger partial charge in [0.1, 0.15) is 0 Å². The second-order valence-electron chi connectivity index (χ2n) is 5.62. The van der Waals surface area contributed by atoms with Crippen molar-refractivity contribution in [1.29, 1.82) is 0 Å². The number of allylic oxidation sites excluding steroid dienone is 7. The van der Waals surface area contributed by atoms with Gasteiger partial charge in [-0.05, 0) is 38.5 Å². The molecule has 130 valence electrons. The van der Waals surface area contributed by atoms with E-state index >= 15 is 0 Å². The molecule has 3 nitrogen and oxygen atoms in total. The normalized spacial score (nSPS) is 13.8. The molecule has 0 aromatic heterocycles. The molecule has 0 aliphatic carbocycles. The van der Waals surface area contributed by atoms with Gasteiger partial charge < -0.3 is 10.2 Å². The lowest BCUT2D eigenvalue weighted by Gasteiger charge is -2.05. The Morgan fingerprint density at radius 3 is 2.39 bits per heavy atom. The number of aliphatic hydroxyl groups excluding tert-OH is 1. The number of carbonyl (C=O) groups is 1. The molecule has 1 atom stereocenters. The summed E-state index contributed by atoms with van der Waals surface area (Å²) in [6, 6.07) is 0. The lowest BCUT2D eigenvalue weighted by atomic mass is 10.1. The van der Waals surface area contributed by atoms with E-state index in [0.717, 1.165) is 6.42 Å². The van der Waals surface area contributed by atoms with Gasteiger partial charge in [-0.1, -0.05) is 68.4 Å². The molecule has 0 aliphatic rings. The van der Waals surface area contributed by atoms with Gasteiger partial charge in [0, 0.05) is 6.42 Å². The number of carboxylic acids is 1. The maximum Gasteiger partial charge on any atom is 0.303 e. The molecule has 0 fully saturated rings. The Labute approximate surface area is 141 Å². The van der Waals surface area contributed by atoms with Crippen LogP contribution in [0.25, 0.3) is 0 Å². The van der Waals surface area contributed by atoms with Crippen LogP contribution in [0.15, 0.2) is 48.6 Å². The van der Waals surface area contributed by atoms with Crippen molar-refractivity contribution in [3.05, 3.63) is 48.6 Å². The molecule has 0 heterocycles. The van der Waals surface area contributed by atoms with Crippen LogP contribution in [0, 0.1) is 0 Å². The number of hydrogen-bond donors (Lipinski definition) is 2. The number of unbranched alkanes of at least 4 members (excludes halogenated alkanes) is 3. The van der Waals surface area contributed by atoms with E-state index in [4.69, 9.17) is 5.11 Å². The zero-order valence-electron chi connectivity index (χ0n) is 14.4. The van der Waals surface area contributed by atoms with Crippen molar-refractivity contribution in [2.24, 2.45) is 0 Å². The molecule has 2 N–H and O–H groups in total. The summed E-state index contributed by atoms with van der Waals surface area (Å²) in [5.41, 5.74) is 0. The monoisotopic (exact) mass is 320 g/mol. The van der Waals surface area contributed by atoms with Crippen LogP contribution in [0.3, 0.4) is 0 Å². The lowest BCUT2D eigenvalue weighted by Crippen LogP contribution is -2.06. The molecule has 0 rings (SSSR count). The summed E-state index contributed by atoms with van der Waals surface area (Å²) >= 11 is 0. The molecule has 0 bridgehead atoms. The molecule has 0 aromatic rings. The van der Waals surface area contributed by atoms with Crippen LogP contribution in [-0.2, 0) is 4.79 Å². The molecular formula is C20H32O3. The predicted molar refractivity (Wildman–Crippen MR) is 97.4 cm³/mol. The summed E-state index contributed by atoms with van der Waals surface area (Å²) in [4.78, 5) is 10.4. The third-order valence-corrected chi connectivity index (χ3v) is 3.35. The number of aliphatic carboxylic acids is 1. The van der Waals surface area contributed by atoms with Gasteiger partial charge in [-0.25, -0.2) is 0 Å². The van der Waals surface area contributed by atoms with Gasteiger partial charge in [-0.3, -0.25) is 4.79 Å². The van der Waals surface area contributed by atoms with E-state index in [9.17, 15) is 9.90 Å². The van der Waals surface area contributed by atoms with Crippen molar-refractivity contribution in [1.82, 2.24) is 0 Å². The van der Waals surface area contributed by atoms with Gasteiger partial charge in [0.2, 0.25) is 0 Å². The number of aliphatic hydroxyl groups is 1. The van der Waals surface area contributed by atoms with Crippen molar-refractivity contribution in [2.75, 3.05) is 0 Å². The highest BCUT2D eigenvalue weighted by atomic mass is 16.4. The van der Waals surface area contributed by atoms with E-state index < -0.39 is 12.1 Å². The molecule has 0 spiro atoms. The van der Waals surface area contributed by atoms with Gasteiger partial charge in [0.25, 0.3) is 0 Å². The Hall–Kier alpha value is -1.61. The fraction of sp³-hybridized carbons (Fsp3) is 0.550. The fourth-order valence-corrected chi connectivity index (χ4v) is 2.01. The number of hydrogen-bond acceptors (Lipinski definition) is 2. The topological polar surface area (TPSA) is 57.5 Å². The quantitative estimate of drug-likeness (QED) is 0.263. The molecule has 0 amide bonds. The van der Waals surface area contributed by atoms with E-state index in [0.29, 0.717) is 19.3 Å².